The predicted molar refractivity (Wildman–Crippen MR) is 136 cm³/mol. The molecule has 1 aliphatic carbocycles. The fraction of sp³-hybridized carbons (Fsp3) is 0.419. The topological polar surface area (TPSA) is 6.48 Å². The van der Waals surface area contributed by atoms with Crippen LogP contribution in [-0.4, -0.2) is 41.0 Å². The molecule has 3 heterocycles. The van der Waals surface area contributed by atoms with Gasteiger partial charge in [0.15, 0.2) is 0 Å². The molecular weight excluding hydrogens is 400 g/mol. The van der Waals surface area contributed by atoms with Crippen molar-refractivity contribution in [1.82, 2.24) is 9.80 Å². The molecular formula is C31H36N2. The van der Waals surface area contributed by atoms with E-state index in [4.69, 9.17) is 0 Å². The Labute approximate surface area is 199 Å². The van der Waals surface area contributed by atoms with Crippen LogP contribution in [0.15, 0.2) is 91.0 Å². The van der Waals surface area contributed by atoms with Gasteiger partial charge in [-0.15, -0.1) is 0 Å². The molecule has 0 unspecified atom stereocenters. The summed E-state index contributed by atoms with van der Waals surface area (Å²) in [5.74, 6) is 1.13. The van der Waals surface area contributed by atoms with E-state index in [-0.39, 0.29) is 0 Å². The minimum absolute atomic E-state index is 0.319. The predicted octanol–water partition coefficient (Wildman–Crippen LogP) is 6.46. The molecule has 3 aliphatic heterocycles. The van der Waals surface area contributed by atoms with Gasteiger partial charge in [-0.1, -0.05) is 91.0 Å². The van der Waals surface area contributed by atoms with Crippen LogP contribution >= 0.6 is 0 Å². The second-order valence-corrected chi connectivity index (χ2v) is 10.6. The summed E-state index contributed by atoms with van der Waals surface area (Å²) in [6, 6.07) is 34.6. The minimum Gasteiger partial charge on any atom is -0.298 e. The summed E-state index contributed by atoms with van der Waals surface area (Å²) in [5.41, 5.74) is 4.83. The molecule has 170 valence electrons. The van der Waals surface area contributed by atoms with E-state index >= 15 is 0 Å². The molecule has 0 aromatic heterocycles. The van der Waals surface area contributed by atoms with E-state index < -0.39 is 0 Å². The van der Waals surface area contributed by atoms with E-state index in [9.17, 15) is 0 Å². The third-order valence-electron chi connectivity index (χ3n) is 8.77. The van der Waals surface area contributed by atoms with Gasteiger partial charge in [-0.2, -0.15) is 0 Å². The van der Waals surface area contributed by atoms with Crippen LogP contribution in [0.5, 0.6) is 0 Å². The molecule has 2 heteroatoms. The number of nitrogens with zero attached hydrogens (tertiary/aromatic N) is 2. The second kappa shape index (κ2) is 9.08. The highest BCUT2D eigenvalue weighted by atomic mass is 15.3. The molecule has 4 aliphatic rings. The number of benzene rings is 3. The summed E-state index contributed by atoms with van der Waals surface area (Å²) in [6.45, 7) is 4.82. The van der Waals surface area contributed by atoms with Crippen molar-refractivity contribution in [2.45, 2.75) is 62.1 Å². The van der Waals surface area contributed by atoms with Crippen molar-refractivity contribution in [1.29, 1.82) is 0 Å². The van der Waals surface area contributed by atoms with Gasteiger partial charge in [0.2, 0.25) is 0 Å². The quantitative estimate of drug-likeness (QED) is 0.453. The van der Waals surface area contributed by atoms with Crippen molar-refractivity contribution >= 4 is 0 Å². The Morgan fingerprint density at radius 1 is 0.636 bits per heavy atom. The van der Waals surface area contributed by atoms with Crippen LogP contribution in [0.4, 0.5) is 0 Å². The number of hydrogen-bond donors (Lipinski definition) is 0. The summed E-state index contributed by atoms with van der Waals surface area (Å²) in [4.78, 5) is 5.76. The van der Waals surface area contributed by atoms with Crippen LogP contribution in [0.2, 0.25) is 0 Å². The zero-order valence-electron chi connectivity index (χ0n) is 19.7. The van der Waals surface area contributed by atoms with E-state index in [1.54, 1.807) is 0 Å². The third-order valence-corrected chi connectivity index (χ3v) is 8.77. The van der Waals surface area contributed by atoms with Gasteiger partial charge < -0.3 is 0 Å². The van der Waals surface area contributed by atoms with E-state index in [2.05, 4.69) is 101 Å². The van der Waals surface area contributed by atoms with Gasteiger partial charge in [0, 0.05) is 36.5 Å². The average molecular weight is 437 g/mol. The lowest BCUT2D eigenvalue weighted by Crippen LogP contribution is -2.54. The monoisotopic (exact) mass is 436 g/mol. The van der Waals surface area contributed by atoms with Gasteiger partial charge >= 0.3 is 0 Å². The maximum absolute atomic E-state index is 2.90. The molecule has 3 aromatic rings. The van der Waals surface area contributed by atoms with Crippen molar-refractivity contribution in [2.75, 3.05) is 19.6 Å². The zero-order chi connectivity index (χ0) is 22.1. The summed E-state index contributed by atoms with van der Waals surface area (Å²) < 4.78 is 0. The van der Waals surface area contributed by atoms with Crippen LogP contribution < -0.4 is 0 Å². The van der Waals surface area contributed by atoms with Crippen LogP contribution in [-0.2, 0) is 6.54 Å². The maximum Gasteiger partial charge on any atom is 0.0238 e. The largest absolute Gasteiger partial charge is 0.298 e. The summed E-state index contributed by atoms with van der Waals surface area (Å²) in [7, 11) is 0. The highest BCUT2D eigenvalue weighted by Gasteiger charge is 2.54. The van der Waals surface area contributed by atoms with Crippen molar-refractivity contribution in [3.63, 3.8) is 0 Å². The lowest BCUT2D eigenvalue weighted by molar-refractivity contribution is 0.0459. The number of rotatable bonds is 5. The van der Waals surface area contributed by atoms with E-state index in [0.717, 1.165) is 6.54 Å². The first-order chi connectivity index (χ1) is 16.3. The maximum atomic E-state index is 2.90. The fourth-order valence-electron chi connectivity index (χ4n) is 7.28. The van der Waals surface area contributed by atoms with Gasteiger partial charge in [-0.25, -0.2) is 0 Å². The van der Waals surface area contributed by atoms with E-state index in [0.29, 0.717) is 23.4 Å². The van der Waals surface area contributed by atoms with Gasteiger partial charge in [-0.05, 0) is 61.9 Å². The van der Waals surface area contributed by atoms with Crippen LogP contribution in [0.3, 0.4) is 0 Å². The Bertz CT molecular complexity index is 977. The summed E-state index contributed by atoms with van der Waals surface area (Å²) in [6.07, 6.45) is 6.63. The number of likely N-dealkylation sites (tertiary alicyclic amines) is 1. The minimum atomic E-state index is 0.319. The number of fused-ring (bicyclic) bond motifs is 4. The highest BCUT2D eigenvalue weighted by molar-refractivity contribution is 5.33. The molecule has 2 atom stereocenters. The standard InChI is InChI=1S/C31H36N2/c1-4-12-25(13-5-1)24-32-21-18-31(33-19-10-11-20-33)22-28(26-14-6-2-7-15-26)30(32)29(23-31)27-16-8-3-9-17-27/h1-9,12-17,28-30H,10-11,18-24H2/t28-,29-,30?,31?/m0/s1. The van der Waals surface area contributed by atoms with Gasteiger partial charge in [0.05, 0.1) is 0 Å². The SMILES string of the molecule is c1ccc(CN2CCC3(N4CCCC4)C[C@@H](c4ccccc4)C2[C@H](c2ccccc2)C3)cc1. The normalized spacial score (nSPS) is 30.4. The van der Waals surface area contributed by atoms with Crippen molar-refractivity contribution in [3.05, 3.63) is 108 Å². The smallest absolute Gasteiger partial charge is 0.0238 e. The molecule has 3 aromatic carbocycles. The molecule has 0 amide bonds. The summed E-state index contributed by atoms with van der Waals surface area (Å²) in [5, 5.41) is 0. The van der Waals surface area contributed by atoms with Crippen molar-refractivity contribution in [2.24, 2.45) is 0 Å². The van der Waals surface area contributed by atoms with Crippen LogP contribution in [0.25, 0.3) is 0 Å². The van der Waals surface area contributed by atoms with Gasteiger partial charge in [0.25, 0.3) is 0 Å². The lowest BCUT2D eigenvalue weighted by atomic mass is 9.63. The molecule has 33 heavy (non-hydrogen) atoms. The average Bonchev–Trinajstić information content (AvgIpc) is 3.34. The van der Waals surface area contributed by atoms with E-state index in [1.807, 2.05) is 0 Å². The fourth-order valence-corrected chi connectivity index (χ4v) is 7.28. The van der Waals surface area contributed by atoms with Crippen molar-refractivity contribution in [3.8, 4) is 0 Å². The van der Waals surface area contributed by atoms with Crippen LogP contribution in [0.1, 0.15) is 60.6 Å². The Hall–Kier alpha value is -2.42. The summed E-state index contributed by atoms with van der Waals surface area (Å²) >= 11 is 0. The first-order valence-corrected chi connectivity index (χ1v) is 13.0. The molecule has 0 spiro atoms. The number of hydrogen-bond acceptors (Lipinski definition) is 2. The molecule has 1 saturated carbocycles. The molecule has 2 bridgehead atoms. The van der Waals surface area contributed by atoms with Crippen molar-refractivity contribution < 1.29 is 0 Å². The Morgan fingerprint density at radius 3 is 1.70 bits per heavy atom. The molecule has 2 nitrogen and oxygen atoms in total. The molecule has 0 radical (unpaired) electrons. The lowest BCUT2D eigenvalue weighted by Gasteiger charge is -2.52. The van der Waals surface area contributed by atoms with Gasteiger partial charge in [-0.3, -0.25) is 9.80 Å². The molecule has 7 rings (SSSR count). The Morgan fingerprint density at radius 2 is 1.15 bits per heavy atom. The molecule has 0 N–H and O–H groups in total. The zero-order valence-corrected chi connectivity index (χ0v) is 19.7. The molecule has 4 fully saturated rings. The van der Waals surface area contributed by atoms with Crippen LogP contribution in [0, 0.1) is 0 Å². The van der Waals surface area contributed by atoms with E-state index in [1.165, 1.54) is 68.4 Å². The van der Waals surface area contributed by atoms with Gasteiger partial charge in [0.1, 0.15) is 0 Å². The third kappa shape index (κ3) is 4.05. The Kier molecular flexibility index (Phi) is 5.82. The Balaban J connectivity index is 1.47. The first kappa shape index (κ1) is 21.1. The molecule has 3 saturated heterocycles. The first-order valence-electron chi connectivity index (χ1n) is 13.0. The second-order valence-electron chi connectivity index (χ2n) is 10.6. The highest BCUT2D eigenvalue weighted by Crippen LogP contribution is 2.54.